The van der Waals surface area contributed by atoms with E-state index >= 15 is 0 Å². The Kier molecular flexibility index (Phi) is 9.24. The molecule has 0 fully saturated rings. The van der Waals surface area contributed by atoms with Crippen molar-refractivity contribution in [1.29, 1.82) is 0 Å². The minimum atomic E-state index is -4.38. The summed E-state index contributed by atoms with van der Waals surface area (Å²) in [4.78, 5) is 7.94. The van der Waals surface area contributed by atoms with Crippen molar-refractivity contribution < 1.29 is 22.3 Å². The van der Waals surface area contributed by atoms with Crippen LogP contribution in [0.1, 0.15) is 11.3 Å². The SMILES string of the molecule is CN=C(NCCc1ccco1)NCc1ccc(OCC(F)(F)F)nc1.I. The van der Waals surface area contributed by atoms with Gasteiger partial charge in [0.05, 0.1) is 6.26 Å². The Hall–Kier alpha value is -1.98. The van der Waals surface area contributed by atoms with Crippen LogP contribution in [0.4, 0.5) is 13.2 Å². The number of nitrogens with one attached hydrogen (secondary N) is 2. The van der Waals surface area contributed by atoms with E-state index in [1.165, 1.54) is 12.3 Å². The van der Waals surface area contributed by atoms with Gasteiger partial charge in [-0.05, 0) is 17.7 Å². The predicted octanol–water partition coefficient (Wildman–Crippen LogP) is 3.14. The summed E-state index contributed by atoms with van der Waals surface area (Å²) in [5.41, 5.74) is 0.786. The lowest BCUT2D eigenvalue weighted by atomic mass is 10.3. The molecule has 2 rings (SSSR count). The van der Waals surface area contributed by atoms with E-state index < -0.39 is 12.8 Å². The van der Waals surface area contributed by atoms with Gasteiger partial charge in [0.2, 0.25) is 5.88 Å². The highest BCUT2D eigenvalue weighted by atomic mass is 127. The molecule has 2 aromatic rings. The van der Waals surface area contributed by atoms with Crippen LogP contribution in [0.5, 0.6) is 5.88 Å². The predicted molar refractivity (Wildman–Crippen MR) is 102 cm³/mol. The Balaban J connectivity index is 0.00000338. The van der Waals surface area contributed by atoms with E-state index in [9.17, 15) is 13.2 Å². The first-order valence-corrected chi connectivity index (χ1v) is 7.57. The fraction of sp³-hybridized carbons (Fsp3) is 0.375. The molecule has 2 aromatic heterocycles. The Morgan fingerprint density at radius 2 is 2.08 bits per heavy atom. The Morgan fingerprint density at radius 3 is 2.65 bits per heavy atom. The monoisotopic (exact) mass is 484 g/mol. The van der Waals surface area contributed by atoms with Crippen LogP contribution in [0, 0.1) is 0 Å². The topological polar surface area (TPSA) is 71.7 Å². The number of guanidine groups is 1. The molecule has 6 nitrogen and oxygen atoms in total. The van der Waals surface area contributed by atoms with Gasteiger partial charge < -0.3 is 19.8 Å². The summed E-state index contributed by atoms with van der Waals surface area (Å²) in [6.07, 6.45) is -0.581. The largest absolute Gasteiger partial charge is 0.469 e. The molecule has 0 saturated carbocycles. The average molecular weight is 484 g/mol. The highest BCUT2D eigenvalue weighted by Crippen LogP contribution is 2.16. The van der Waals surface area contributed by atoms with Crippen molar-refractivity contribution in [2.75, 3.05) is 20.2 Å². The molecular weight excluding hydrogens is 464 g/mol. The fourth-order valence-electron chi connectivity index (χ4n) is 1.92. The third kappa shape index (κ3) is 8.41. The summed E-state index contributed by atoms with van der Waals surface area (Å²) >= 11 is 0. The number of halogens is 4. The van der Waals surface area contributed by atoms with Gasteiger partial charge in [0.15, 0.2) is 12.6 Å². The van der Waals surface area contributed by atoms with Gasteiger partial charge in [-0.1, -0.05) is 6.07 Å². The fourth-order valence-corrected chi connectivity index (χ4v) is 1.92. The van der Waals surface area contributed by atoms with Crippen molar-refractivity contribution in [2.45, 2.75) is 19.1 Å². The van der Waals surface area contributed by atoms with E-state index in [1.807, 2.05) is 12.1 Å². The standard InChI is InChI=1S/C16H19F3N4O2.HI/c1-20-15(21-7-6-13-3-2-8-24-13)23-10-12-4-5-14(22-9-12)25-11-16(17,18)19;/h2-5,8-9H,6-7,10-11H2,1H3,(H2,20,21,23);1H. The quantitative estimate of drug-likeness (QED) is 0.359. The molecule has 2 heterocycles. The number of furan rings is 1. The normalized spacial score (nSPS) is 11.6. The maximum atomic E-state index is 12.1. The third-order valence-corrected chi connectivity index (χ3v) is 3.11. The number of nitrogens with zero attached hydrogens (tertiary/aromatic N) is 2. The number of hydrogen-bond acceptors (Lipinski definition) is 4. The molecule has 0 amide bonds. The highest BCUT2D eigenvalue weighted by molar-refractivity contribution is 14.0. The Morgan fingerprint density at radius 1 is 1.27 bits per heavy atom. The number of alkyl halides is 3. The second-order valence-corrected chi connectivity index (χ2v) is 5.09. The van der Waals surface area contributed by atoms with Gasteiger partial charge in [-0.2, -0.15) is 13.2 Å². The molecule has 0 bridgehead atoms. The molecule has 0 spiro atoms. The van der Waals surface area contributed by atoms with E-state index in [4.69, 9.17) is 4.42 Å². The maximum absolute atomic E-state index is 12.1. The summed E-state index contributed by atoms with van der Waals surface area (Å²) in [5, 5.41) is 6.22. The van der Waals surface area contributed by atoms with Crippen LogP contribution in [0.3, 0.4) is 0 Å². The molecule has 144 valence electrons. The lowest BCUT2D eigenvalue weighted by Gasteiger charge is -2.12. The molecular formula is C16H20F3IN4O2. The first-order chi connectivity index (χ1) is 12.0. The van der Waals surface area contributed by atoms with Crippen LogP contribution in [0.25, 0.3) is 0 Å². The van der Waals surface area contributed by atoms with Crippen LogP contribution in [0.15, 0.2) is 46.1 Å². The number of hydrogen-bond donors (Lipinski definition) is 2. The first-order valence-electron chi connectivity index (χ1n) is 7.57. The minimum absolute atomic E-state index is 0. The summed E-state index contributed by atoms with van der Waals surface area (Å²) in [6.45, 7) is -0.285. The third-order valence-electron chi connectivity index (χ3n) is 3.11. The van der Waals surface area contributed by atoms with E-state index in [0.29, 0.717) is 19.0 Å². The molecule has 10 heteroatoms. The number of ether oxygens (including phenoxy) is 1. The van der Waals surface area contributed by atoms with Crippen molar-refractivity contribution in [1.82, 2.24) is 15.6 Å². The number of pyridine rings is 1. The lowest BCUT2D eigenvalue weighted by molar-refractivity contribution is -0.154. The molecule has 0 atom stereocenters. The first kappa shape index (κ1) is 22.1. The maximum Gasteiger partial charge on any atom is 0.422 e. The van der Waals surface area contributed by atoms with E-state index in [2.05, 4.69) is 25.3 Å². The highest BCUT2D eigenvalue weighted by Gasteiger charge is 2.28. The van der Waals surface area contributed by atoms with Gasteiger partial charge in [0, 0.05) is 38.8 Å². The van der Waals surface area contributed by atoms with Crippen molar-refractivity contribution in [3.63, 3.8) is 0 Å². The summed E-state index contributed by atoms with van der Waals surface area (Å²) < 4.78 is 46.0. The van der Waals surface area contributed by atoms with Gasteiger partial charge in [-0.3, -0.25) is 4.99 Å². The minimum Gasteiger partial charge on any atom is -0.469 e. The van der Waals surface area contributed by atoms with Gasteiger partial charge in [-0.15, -0.1) is 24.0 Å². The van der Waals surface area contributed by atoms with Gasteiger partial charge in [0.25, 0.3) is 0 Å². The van der Waals surface area contributed by atoms with Crippen LogP contribution in [0.2, 0.25) is 0 Å². The van der Waals surface area contributed by atoms with Crippen molar-refractivity contribution in [2.24, 2.45) is 4.99 Å². The number of aromatic nitrogens is 1. The summed E-state index contributed by atoms with van der Waals surface area (Å²) in [7, 11) is 1.65. The molecule has 0 radical (unpaired) electrons. The molecule has 0 unspecified atom stereocenters. The van der Waals surface area contributed by atoms with E-state index in [0.717, 1.165) is 17.7 Å². The van der Waals surface area contributed by atoms with Crippen molar-refractivity contribution in [3.05, 3.63) is 48.0 Å². The van der Waals surface area contributed by atoms with Crippen LogP contribution in [-0.2, 0) is 13.0 Å². The van der Waals surface area contributed by atoms with Crippen molar-refractivity contribution >= 4 is 29.9 Å². The van der Waals surface area contributed by atoms with Gasteiger partial charge in [0.1, 0.15) is 5.76 Å². The van der Waals surface area contributed by atoms with E-state index in [1.54, 1.807) is 19.4 Å². The lowest BCUT2D eigenvalue weighted by Crippen LogP contribution is -2.37. The zero-order valence-electron chi connectivity index (χ0n) is 14.0. The second-order valence-electron chi connectivity index (χ2n) is 5.09. The average Bonchev–Trinajstić information content (AvgIpc) is 3.10. The number of aliphatic imine (C=N–C) groups is 1. The molecule has 0 aromatic carbocycles. The summed E-state index contributed by atoms with van der Waals surface area (Å²) in [6, 6.07) is 6.77. The zero-order chi connectivity index (χ0) is 18.1. The molecule has 2 N–H and O–H groups in total. The molecule has 0 saturated heterocycles. The van der Waals surface area contributed by atoms with Crippen LogP contribution in [-0.4, -0.2) is 37.3 Å². The van der Waals surface area contributed by atoms with Crippen LogP contribution < -0.4 is 15.4 Å². The Labute approximate surface area is 166 Å². The van der Waals surface area contributed by atoms with Crippen molar-refractivity contribution in [3.8, 4) is 5.88 Å². The van der Waals surface area contributed by atoms with Gasteiger partial charge in [-0.25, -0.2) is 4.98 Å². The van der Waals surface area contributed by atoms with Gasteiger partial charge >= 0.3 is 6.18 Å². The molecule has 26 heavy (non-hydrogen) atoms. The second kappa shape index (κ2) is 10.9. The molecule has 0 aliphatic carbocycles. The van der Waals surface area contributed by atoms with Crippen LogP contribution >= 0.6 is 24.0 Å². The number of rotatable bonds is 7. The Bertz CT molecular complexity index is 661. The van der Waals surface area contributed by atoms with E-state index in [-0.39, 0.29) is 29.9 Å². The molecule has 0 aliphatic rings. The smallest absolute Gasteiger partial charge is 0.422 e. The summed E-state index contributed by atoms with van der Waals surface area (Å²) in [5.74, 6) is 1.41. The zero-order valence-corrected chi connectivity index (χ0v) is 16.4. The molecule has 0 aliphatic heterocycles.